The first-order chi connectivity index (χ1) is 8.47. The molecule has 1 heterocycles. The molecule has 0 aromatic carbocycles. The molecule has 2 fully saturated rings. The predicted molar refractivity (Wildman–Crippen MR) is 62.7 cm³/mol. The van der Waals surface area contributed by atoms with Gasteiger partial charge in [-0.05, 0) is 19.3 Å². The van der Waals surface area contributed by atoms with Crippen LogP contribution in [0.2, 0.25) is 0 Å². The maximum absolute atomic E-state index is 11.9. The summed E-state index contributed by atoms with van der Waals surface area (Å²) in [4.78, 5) is 35.6. The van der Waals surface area contributed by atoms with Crippen molar-refractivity contribution in [3.05, 3.63) is 0 Å². The van der Waals surface area contributed by atoms with Gasteiger partial charge in [-0.3, -0.25) is 14.4 Å². The first-order valence-corrected chi connectivity index (χ1v) is 6.24. The number of nitrogens with one attached hydrogen (secondary N) is 1. The van der Waals surface area contributed by atoms with E-state index in [-0.39, 0.29) is 36.1 Å². The Hall–Kier alpha value is -1.59. The highest BCUT2D eigenvalue weighted by Crippen LogP contribution is 2.26. The van der Waals surface area contributed by atoms with Gasteiger partial charge in [-0.2, -0.15) is 0 Å². The minimum Gasteiger partial charge on any atom is -0.481 e. The van der Waals surface area contributed by atoms with Gasteiger partial charge in [-0.1, -0.05) is 0 Å². The third-order valence-electron chi connectivity index (χ3n) is 3.84. The summed E-state index contributed by atoms with van der Waals surface area (Å²) < 4.78 is 0. The first kappa shape index (κ1) is 12.9. The van der Waals surface area contributed by atoms with Gasteiger partial charge in [0.25, 0.3) is 0 Å². The molecule has 1 aliphatic heterocycles. The Bertz CT molecular complexity index is 382. The van der Waals surface area contributed by atoms with E-state index in [1.54, 1.807) is 11.9 Å². The number of rotatable bonds is 3. The number of hydrogen-bond donors (Lipinski definition) is 2. The van der Waals surface area contributed by atoms with E-state index in [1.807, 2.05) is 0 Å². The number of carboxylic acid groups (broad SMARTS) is 1. The van der Waals surface area contributed by atoms with Gasteiger partial charge < -0.3 is 15.3 Å². The zero-order valence-corrected chi connectivity index (χ0v) is 10.4. The molecule has 2 rings (SSSR count). The zero-order chi connectivity index (χ0) is 13.3. The Morgan fingerprint density at radius 1 is 1.33 bits per heavy atom. The van der Waals surface area contributed by atoms with Crippen LogP contribution in [0.15, 0.2) is 0 Å². The molecular weight excluding hydrogens is 236 g/mol. The summed E-state index contributed by atoms with van der Waals surface area (Å²) in [7, 11) is 1.69. The lowest BCUT2D eigenvalue weighted by molar-refractivity contribution is -0.141. The lowest BCUT2D eigenvalue weighted by Gasteiger charge is -2.15. The van der Waals surface area contributed by atoms with Crippen LogP contribution in [-0.4, -0.2) is 47.4 Å². The Balaban J connectivity index is 1.82. The van der Waals surface area contributed by atoms with Crippen LogP contribution in [0.1, 0.15) is 25.7 Å². The molecule has 6 heteroatoms. The number of carbonyl (C=O) groups is 3. The van der Waals surface area contributed by atoms with E-state index in [0.717, 1.165) is 0 Å². The molecule has 1 saturated carbocycles. The lowest BCUT2D eigenvalue weighted by Crippen LogP contribution is -2.38. The molecule has 3 unspecified atom stereocenters. The van der Waals surface area contributed by atoms with Crippen LogP contribution in [0.5, 0.6) is 0 Å². The lowest BCUT2D eigenvalue weighted by atomic mass is 10.1. The molecular formula is C12H18N2O4. The van der Waals surface area contributed by atoms with Crippen molar-refractivity contribution < 1.29 is 19.5 Å². The average Bonchev–Trinajstić information content (AvgIpc) is 2.87. The van der Waals surface area contributed by atoms with Gasteiger partial charge in [0.15, 0.2) is 0 Å². The van der Waals surface area contributed by atoms with Crippen molar-refractivity contribution >= 4 is 17.8 Å². The van der Waals surface area contributed by atoms with Crippen LogP contribution in [0.3, 0.4) is 0 Å². The van der Waals surface area contributed by atoms with Crippen molar-refractivity contribution in [3.8, 4) is 0 Å². The van der Waals surface area contributed by atoms with Gasteiger partial charge in [0.1, 0.15) is 0 Å². The number of aliphatic carboxylic acids is 1. The zero-order valence-electron chi connectivity index (χ0n) is 10.4. The summed E-state index contributed by atoms with van der Waals surface area (Å²) in [5, 5.41) is 11.7. The van der Waals surface area contributed by atoms with Gasteiger partial charge in [-0.15, -0.1) is 0 Å². The number of carboxylic acids is 1. The quantitative estimate of drug-likeness (QED) is 0.732. The number of hydrogen-bond acceptors (Lipinski definition) is 3. The van der Waals surface area contributed by atoms with Crippen molar-refractivity contribution in [1.82, 2.24) is 10.2 Å². The highest BCUT2D eigenvalue weighted by molar-refractivity contribution is 5.89. The maximum atomic E-state index is 11.9. The van der Waals surface area contributed by atoms with E-state index in [0.29, 0.717) is 25.8 Å². The number of amides is 2. The third-order valence-corrected chi connectivity index (χ3v) is 3.84. The molecule has 0 aromatic heterocycles. The van der Waals surface area contributed by atoms with E-state index in [1.165, 1.54) is 0 Å². The van der Waals surface area contributed by atoms with Crippen LogP contribution in [0.4, 0.5) is 0 Å². The van der Waals surface area contributed by atoms with Gasteiger partial charge in [0, 0.05) is 26.1 Å². The van der Waals surface area contributed by atoms with E-state index in [9.17, 15) is 14.4 Å². The van der Waals surface area contributed by atoms with Crippen LogP contribution >= 0.6 is 0 Å². The van der Waals surface area contributed by atoms with Crippen LogP contribution < -0.4 is 5.32 Å². The highest BCUT2D eigenvalue weighted by atomic mass is 16.4. The molecule has 1 saturated heterocycles. The Labute approximate surface area is 105 Å². The largest absolute Gasteiger partial charge is 0.481 e. The van der Waals surface area contributed by atoms with E-state index < -0.39 is 5.97 Å². The number of nitrogens with zero attached hydrogens (tertiary/aromatic N) is 1. The molecule has 100 valence electrons. The van der Waals surface area contributed by atoms with Crippen LogP contribution in [0, 0.1) is 11.8 Å². The second-order valence-electron chi connectivity index (χ2n) is 5.23. The molecule has 6 nitrogen and oxygen atoms in total. The molecule has 3 atom stereocenters. The fourth-order valence-electron chi connectivity index (χ4n) is 2.70. The Kier molecular flexibility index (Phi) is 3.54. The highest BCUT2D eigenvalue weighted by Gasteiger charge is 2.35. The molecule has 0 bridgehead atoms. The summed E-state index contributed by atoms with van der Waals surface area (Å²) in [5.74, 6) is -1.55. The first-order valence-electron chi connectivity index (χ1n) is 6.24. The van der Waals surface area contributed by atoms with Crippen molar-refractivity contribution in [1.29, 1.82) is 0 Å². The topological polar surface area (TPSA) is 86.7 Å². The molecule has 1 aliphatic carbocycles. The summed E-state index contributed by atoms with van der Waals surface area (Å²) in [6.07, 6.45) is 2.08. The standard InChI is InChI=1S/C12H18N2O4/c1-14-6-8(5-10(14)15)11(16)13-9-3-2-7(4-9)12(17)18/h7-9H,2-6H2,1H3,(H,13,16)(H,17,18). The Morgan fingerprint density at radius 2 is 2.06 bits per heavy atom. The number of likely N-dealkylation sites (tertiary alicyclic amines) is 1. The van der Waals surface area contributed by atoms with E-state index >= 15 is 0 Å². The average molecular weight is 254 g/mol. The van der Waals surface area contributed by atoms with Gasteiger partial charge in [0.2, 0.25) is 11.8 Å². The summed E-state index contributed by atoms with van der Waals surface area (Å²) >= 11 is 0. The second-order valence-corrected chi connectivity index (χ2v) is 5.23. The normalized spacial score (nSPS) is 31.7. The smallest absolute Gasteiger partial charge is 0.306 e. The minimum absolute atomic E-state index is 0.00927. The van der Waals surface area contributed by atoms with Gasteiger partial charge >= 0.3 is 5.97 Å². The second kappa shape index (κ2) is 4.96. The maximum Gasteiger partial charge on any atom is 0.306 e. The monoisotopic (exact) mass is 254 g/mol. The summed E-state index contributed by atoms with van der Waals surface area (Å²) in [5.41, 5.74) is 0. The molecule has 0 radical (unpaired) electrons. The van der Waals surface area contributed by atoms with Crippen molar-refractivity contribution in [2.75, 3.05) is 13.6 Å². The van der Waals surface area contributed by atoms with Gasteiger partial charge in [-0.25, -0.2) is 0 Å². The third kappa shape index (κ3) is 2.63. The van der Waals surface area contributed by atoms with Crippen molar-refractivity contribution in [2.24, 2.45) is 11.8 Å². The molecule has 2 N–H and O–H groups in total. The van der Waals surface area contributed by atoms with E-state index in [4.69, 9.17) is 5.11 Å². The van der Waals surface area contributed by atoms with Crippen LogP contribution in [-0.2, 0) is 14.4 Å². The van der Waals surface area contributed by atoms with Crippen LogP contribution in [0.25, 0.3) is 0 Å². The van der Waals surface area contributed by atoms with Crippen molar-refractivity contribution in [2.45, 2.75) is 31.7 Å². The summed E-state index contributed by atoms with van der Waals surface area (Å²) in [6, 6.07) is -0.0559. The molecule has 2 aliphatic rings. The SMILES string of the molecule is CN1CC(C(=O)NC2CCC(C(=O)O)C2)CC1=O. The fraction of sp³-hybridized carbons (Fsp3) is 0.750. The minimum atomic E-state index is -0.789. The molecule has 0 aromatic rings. The Morgan fingerprint density at radius 3 is 2.56 bits per heavy atom. The molecule has 0 spiro atoms. The number of carbonyl (C=O) groups excluding carboxylic acids is 2. The fourth-order valence-corrected chi connectivity index (χ4v) is 2.70. The van der Waals surface area contributed by atoms with E-state index in [2.05, 4.69) is 5.32 Å². The molecule has 18 heavy (non-hydrogen) atoms. The van der Waals surface area contributed by atoms with Crippen molar-refractivity contribution in [3.63, 3.8) is 0 Å². The van der Waals surface area contributed by atoms with Gasteiger partial charge in [0.05, 0.1) is 11.8 Å². The molecule has 2 amide bonds. The summed E-state index contributed by atoms with van der Waals surface area (Å²) in [6.45, 7) is 0.458. The predicted octanol–water partition coefficient (Wildman–Crippen LogP) is -0.166.